The molecule has 1 unspecified atom stereocenters. The molecule has 1 heteroatoms. The van der Waals surface area contributed by atoms with Crippen molar-refractivity contribution < 1.29 is 0 Å². The van der Waals surface area contributed by atoms with Gasteiger partial charge in [0.1, 0.15) is 0 Å². The molecular weight excluding hydrogens is 290 g/mol. The Hall–Kier alpha value is -1.89. The maximum Gasteiger partial charge on any atom is 0.0639 e. The van der Waals surface area contributed by atoms with E-state index in [1.807, 2.05) is 6.07 Å². The van der Waals surface area contributed by atoms with Gasteiger partial charge in [-0.15, -0.1) is 0 Å². The van der Waals surface area contributed by atoms with Crippen LogP contribution in [-0.4, -0.2) is 6.21 Å². The van der Waals surface area contributed by atoms with Crippen molar-refractivity contribution in [1.82, 2.24) is 0 Å². The average Bonchev–Trinajstić information content (AvgIpc) is 2.61. The molecular formula is C23H31N. The molecule has 0 aliphatic rings. The van der Waals surface area contributed by atoms with Crippen molar-refractivity contribution >= 4 is 6.21 Å². The van der Waals surface area contributed by atoms with Gasteiger partial charge in [-0.25, -0.2) is 0 Å². The highest BCUT2D eigenvalue weighted by Crippen LogP contribution is 2.20. The molecule has 0 N–H and O–H groups in total. The third kappa shape index (κ3) is 5.63. The normalized spacial score (nSPS) is 12.6. The molecule has 0 aromatic heterocycles. The molecule has 2 aromatic rings. The first-order chi connectivity index (χ1) is 11.7. The zero-order chi connectivity index (χ0) is 17.2. The summed E-state index contributed by atoms with van der Waals surface area (Å²) in [4.78, 5) is 4.66. The molecule has 0 radical (unpaired) electrons. The van der Waals surface area contributed by atoms with E-state index in [4.69, 9.17) is 0 Å². The Morgan fingerprint density at radius 1 is 0.958 bits per heavy atom. The topological polar surface area (TPSA) is 12.4 Å². The Kier molecular flexibility index (Phi) is 7.74. The molecule has 0 saturated heterocycles. The van der Waals surface area contributed by atoms with Gasteiger partial charge < -0.3 is 0 Å². The highest BCUT2D eigenvalue weighted by Gasteiger charge is 2.07. The first-order valence-corrected chi connectivity index (χ1v) is 9.39. The van der Waals surface area contributed by atoms with Gasteiger partial charge in [0.05, 0.1) is 6.54 Å². The van der Waals surface area contributed by atoms with Crippen LogP contribution in [-0.2, 0) is 19.4 Å². The van der Waals surface area contributed by atoms with Crippen LogP contribution in [0.3, 0.4) is 0 Å². The van der Waals surface area contributed by atoms with Crippen molar-refractivity contribution in [3.8, 4) is 0 Å². The molecule has 24 heavy (non-hydrogen) atoms. The fraction of sp³-hybridized carbons (Fsp3) is 0.435. The Bertz CT molecular complexity index is 628. The lowest BCUT2D eigenvalue weighted by Crippen LogP contribution is -2.02. The van der Waals surface area contributed by atoms with Crippen molar-refractivity contribution in [1.29, 1.82) is 0 Å². The van der Waals surface area contributed by atoms with Crippen LogP contribution in [0.5, 0.6) is 0 Å². The first-order valence-electron chi connectivity index (χ1n) is 9.39. The SMILES string of the molecule is CCCC(C)CCc1cccc(C=NCc2ccccc2)c1CC. The fourth-order valence-electron chi connectivity index (χ4n) is 3.31. The minimum atomic E-state index is 0.752. The van der Waals surface area contributed by atoms with Crippen LogP contribution in [0.2, 0.25) is 0 Å². The molecule has 0 fully saturated rings. The predicted octanol–water partition coefficient (Wildman–Crippen LogP) is 6.24. The van der Waals surface area contributed by atoms with Gasteiger partial charge in [-0.2, -0.15) is 0 Å². The Morgan fingerprint density at radius 3 is 2.46 bits per heavy atom. The molecule has 0 aliphatic carbocycles. The van der Waals surface area contributed by atoms with Crippen LogP contribution in [0.4, 0.5) is 0 Å². The lowest BCUT2D eigenvalue weighted by Gasteiger charge is -2.14. The summed E-state index contributed by atoms with van der Waals surface area (Å²) in [6.07, 6.45) is 8.22. The Labute approximate surface area is 147 Å². The highest BCUT2D eigenvalue weighted by molar-refractivity contribution is 5.82. The highest BCUT2D eigenvalue weighted by atomic mass is 14.7. The van der Waals surface area contributed by atoms with E-state index < -0.39 is 0 Å². The summed E-state index contributed by atoms with van der Waals surface area (Å²) in [5.41, 5.74) is 5.52. The Morgan fingerprint density at radius 2 is 1.75 bits per heavy atom. The average molecular weight is 322 g/mol. The number of nitrogens with zero attached hydrogens (tertiary/aromatic N) is 1. The molecule has 128 valence electrons. The zero-order valence-electron chi connectivity index (χ0n) is 15.5. The first kappa shape index (κ1) is 18.4. The monoisotopic (exact) mass is 321 g/mol. The zero-order valence-corrected chi connectivity index (χ0v) is 15.5. The van der Waals surface area contributed by atoms with Crippen molar-refractivity contribution in [2.75, 3.05) is 0 Å². The summed E-state index contributed by atoms with van der Waals surface area (Å²) >= 11 is 0. The van der Waals surface area contributed by atoms with E-state index in [9.17, 15) is 0 Å². The van der Waals surface area contributed by atoms with Crippen LogP contribution in [0.15, 0.2) is 53.5 Å². The lowest BCUT2D eigenvalue weighted by molar-refractivity contribution is 0.486. The maximum atomic E-state index is 4.66. The maximum absolute atomic E-state index is 4.66. The smallest absolute Gasteiger partial charge is 0.0639 e. The third-order valence-corrected chi connectivity index (χ3v) is 4.70. The van der Waals surface area contributed by atoms with Gasteiger partial charge >= 0.3 is 0 Å². The second-order valence-electron chi connectivity index (χ2n) is 6.73. The number of aryl methyl sites for hydroxylation is 1. The second kappa shape index (κ2) is 10.1. The molecule has 0 heterocycles. The van der Waals surface area contributed by atoms with Gasteiger partial charge in [0.15, 0.2) is 0 Å². The third-order valence-electron chi connectivity index (χ3n) is 4.70. The largest absolute Gasteiger partial charge is 0.288 e. The molecule has 0 spiro atoms. The number of hydrogen-bond donors (Lipinski definition) is 0. The van der Waals surface area contributed by atoms with E-state index in [1.54, 1.807) is 0 Å². The van der Waals surface area contributed by atoms with Gasteiger partial charge in [-0.05, 0) is 47.4 Å². The van der Waals surface area contributed by atoms with E-state index in [0.29, 0.717) is 0 Å². The van der Waals surface area contributed by atoms with Crippen molar-refractivity contribution in [3.63, 3.8) is 0 Å². The standard InChI is InChI=1S/C23H31N/c1-4-10-19(3)15-16-21-13-9-14-22(23(21)5-2)18-24-17-20-11-7-6-8-12-20/h6-9,11-14,18-19H,4-5,10,15-17H2,1-3H3. The van der Waals surface area contributed by atoms with Crippen LogP contribution < -0.4 is 0 Å². The van der Waals surface area contributed by atoms with Gasteiger partial charge in [-0.1, -0.05) is 82.1 Å². The molecule has 2 aromatic carbocycles. The van der Waals surface area contributed by atoms with Crippen LogP contribution in [0.25, 0.3) is 0 Å². The second-order valence-corrected chi connectivity index (χ2v) is 6.73. The molecule has 1 nitrogen and oxygen atoms in total. The van der Waals surface area contributed by atoms with E-state index in [0.717, 1.165) is 18.9 Å². The van der Waals surface area contributed by atoms with Gasteiger partial charge in [0, 0.05) is 6.21 Å². The number of hydrogen-bond acceptors (Lipinski definition) is 1. The minimum Gasteiger partial charge on any atom is -0.288 e. The molecule has 0 amide bonds. The molecule has 0 saturated carbocycles. The summed E-state index contributed by atoms with van der Waals surface area (Å²) < 4.78 is 0. The summed E-state index contributed by atoms with van der Waals surface area (Å²) in [6.45, 7) is 7.66. The lowest BCUT2D eigenvalue weighted by atomic mass is 9.92. The van der Waals surface area contributed by atoms with E-state index in [1.165, 1.54) is 47.9 Å². The quantitative estimate of drug-likeness (QED) is 0.485. The minimum absolute atomic E-state index is 0.752. The summed E-state index contributed by atoms with van der Waals surface area (Å²) in [5.74, 6) is 0.815. The molecule has 0 bridgehead atoms. The van der Waals surface area contributed by atoms with Crippen molar-refractivity contribution in [2.24, 2.45) is 10.9 Å². The van der Waals surface area contributed by atoms with E-state index in [-0.39, 0.29) is 0 Å². The van der Waals surface area contributed by atoms with Crippen molar-refractivity contribution in [3.05, 3.63) is 70.8 Å². The summed E-state index contributed by atoms with van der Waals surface area (Å²) in [7, 11) is 0. The van der Waals surface area contributed by atoms with E-state index in [2.05, 4.69) is 74.4 Å². The number of rotatable bonds is 9. The predicted molar refractivity (Wildman–Crippen MR) is 106 cm³/mol. The van der Waals surface area contributed by atoms with Gasteiger partial charge in [-0.3, -0.25) is 4.99 Å². The van der Waals surface area contributed by atoms with Gasteiger partial charge in [0.2, 0.25) is 0 Å². The summed E-state index contributed by atoms with van der Waals surface area (Å²) in [6, 6.07) is 17.1. The van der Waals surface area contributed by atoms with Crippen LogP contribution in [0.1, 0.15) is 62.3 Å². The fourth-order valence-corrected chi connectivity index (χ4v) is 3.31. The van der Waals surface area contributed by atoms with Crippen molar-refractivity contribution in [2.45, 2.75) is 59.4 Å². The van der Waals surface area contributed by atoms with E-state index >= 15 is 0 Å². The van der Waals surface area contributed by atoms with Crippen LogP contribution >= 0.6 is 0 Å². The number of benzene rings is 2. The molecule has 0 aliphatic heterocycles. The molecule has 1 atom stereocenters. The number of aliphatic imine (C=N–C) groups is 1. The van der Waals surface area contributed by atoms with Gasteiger partial charge in [0.25, 0.3) is 0 Å². The molecule has 2 rings (SSSR count). The Balaban J connectivity index is 2.05. The van der Waals surface area contributed by atoms with Crippen LogP contribution in [0, 0.1) is 5.92 Å². The summed E-state index contributed by atoms with van der Waals surface area (Å²) in [5, 5.41) is 0.